The summed E-state index contributed by atoms with van der Waals surface area (Å²) >= 11 is 0. The number of anilines is 1. The molecule has 192 valence electrons. The van der Waals surface area contributed by atoms with Crippen molar-refractivity contribution in [2.75, 3.05) is 18.5 Å². The summed E-state index contributed by atoms with van der Waals surface area (Å²) in [5, 5.41) is 3.36. The molecule has 5 nitrogen and oxygen atoms in total. The first-order valence-corrected chi connectivity index (χ1v) is 13.5. The molecule has 0 aliphatic heterocycles. The van der Waals surface area contributed by atoms with E-state index in [1.54, 1.807) is 42.5 Å². The lowest BCUT2D eigenvalue weighted by atomic mass is 10.1. The van der Waals surface area contributed by atoms with E-state index in [0.29, 0.717) is 17.9 Å². The Kier molecular flexibility index (Phi) is 14.3. The van der Waals surface area contributed by atoms with E-state index < -0.39 is 5.97 Å². The fourth-order valence-electron chi connectivity index (χ4n) is 3.78. The number of carbonyl (C=O) groups is 1. The fraction of sp³-hybridized carbons (Fsp3) is 0.533. The standard InChI is InChI=1S/C30H43NO4/c1-3-5-7-8-9-10-11-12-13-14-23-31-26-17-21-28(32)29(22-18-26)35-30(33)25-15-19-27(20-16-25)34-24-6-4-2/h15-22,31H,3-14,23-24H2,1-2H3. The van der Waals surface area contributed by atoms with E-state index in [-0.39, 0.29) is 11.2 Å². The van der Waals surface area contributed by atoms with Crippen molar-refractivity contribution < 1.29 is 14.3 Å². The van der Waals surface area contributed by atoms with Gasteiger partial charge in [-0.25, -0.2) is 4.79 Å². The van der Waals surface area contributed by atoms with Gasteiger partial charge in [-0.2, -0.15) is 0 Å². The van der Waals surface area contributed by atoms with Crippen molar-refractivity contribution in [2.24, 2.45) is 0 Å². The average molecular weight is 482 g/mol. The summed E-state index contributed by atoms with van der Waals surface area (Å²) in [6.07, 6.45) is 15.1. The molecular formula is C30H43NO4. The van der Waals surface area contributed by atoms with Crippen LogP contribution in [0.4, 0.5) is 5.69 Å². The number of hydrogen-bond donors (Lipinski definition) is 1. The zero-order valence-electron chi connectivity index (χ0n) is 21.7. The number of unbranched alkanes of at least 4 members (excludes halogenated alkanes) is 10. The lowest BCUT2D eigenvalue weighted by Crippen LogP contribution is -2.13. The van der Waals surface area contributed by atoms with Crippen LogP contribution in [0, 0.1) is 0 Å². The highest BCUT2D eigenvalue weighted by Crippen LogP contribution is 2.16. The number of esters is 1. The number of benzene rings is 1. The predicted octanol–water partition coefficient (Wildman–Crippen LogP) is 7.78. The van der Waals surface area contributed by atoms with E-state index in [2.05, 4.69) is 19.2 Å². The molecule has 0 amide bonds. The van der Waals surface area contributed by atoms with Gasteiger partial charge in [0.05, 0.1) is 12.2 Å². The summed E-state index contributed by atoms with van der Waals surface area (Å²) in [4.78, 5) is 24.9. The molecule has 0 saturated carbocycles. The van der Waals surface area contributed by atoms with E-state index in [9.17, 15) is 9.59 Å². The maximum absolute atomic E-state index is 12.5. The molecule has 0 heterocycles. The normalized spacial score (nSPS) is 10.7. The van der Waals surface area contributed by atoms with Crippen LogP contribution in [0.5, 0.6) is 11.5 Å². The molecule has 1 N–H and O–H groups in total. The van der Waals surface area contributed by atoms with Crippen LogP contribution in [-0.2, 0) is 0 Å². The molecule has 2 rings (SSSR count). The van der Waals surface area contributed by atoms with Gasteiger partial charge in [-0.3, -0.25) is 4.79 Å². The molecule has 0 unspecified atom stereocenters. The number of carbonyl (C=O) groups excluding carboxylic acids is 1. The minimum atomic E-state index is -0.562. The Hall–Kier alpha value is -2.82. The van der Waals surface area contributed by atoms with Crippen LogP contribution < -0.4 is 20.2 Å². The van der Waals surface area contributed by atoms with Crippen molar-refractivity contribution in [1.29, 1.82) is 0 Å². The largest absolute Gasteiger partial charge is 0.494 e. The van der Waals surface area contributed by atoms with Crippen molar-refractivity contribution in [2.45, 2.75) is 90.9 Å². The van der Waals surface area contributed by atoms with Crippen LogP contribution in [0.3, 0.4) is 0 Å². The summed E-state index contributed by atoms with van der Waals surface area (Å²) in [7, 11) is 0. The average Bonchev–Trinajstić information content (AvgIpc) is 3.04. The molecule has 0 bridgehead atoms. The topological polar surface area (TPSA) is 64.6 Å². The summed E-state index contributed by atoms with van der Waals surface area (Å²) in [6.45, 7) is 5.86. The number of hydrogen-bond acceptors (Lipinski definition) is 5. The highest BCUT2D eigenvalue weighted by atomic mass is 16.5. The molecule has 2 aromatic rings. The molecule has 2 aromatic carbocycles. The smallest absolute Gasteiger partial charge is 0.343 e. The summed E-state index contributed by atoms with van der Waals surface area (Å²) in [6, 6.07) is 13.3. The highest BCUT2D eigenvalue weighted by molar-refractivity contribution is 5.91. The minimum Gasteiger partial charge on any atom is -0.494 e. The van der Waals surface area contributed by atoms with Gasteiger partial charge >= 0.3 is 5.97 Å². The predicted molar refractivity (Wildman–Crippen MR) is 145 cm³/mol. The van der Waals surface area contributed by atoms with Crippen molar-refractivity contribution in [3.63, 3.8) is 0 Å². The Morgan fingerprint density at radius 3 is 1.97 bits per heavy atom. The number of ether oxygens (including phenoxy) is 2. The second-order valence-corrected chi connectivity index (χ2v) is 9.08. The van der Waals surface area contributed by atoms with E-state index in [0.717, 1.165) is 31.5 Å². The van der Waals surface area contributed by atoms with E-state index in [4.69, 9.17) is 9.47 Å². The second-order valence-electron chi connectivity index (χ2n) is 9.08. The van der Waals surface area contributed by atoms with E-state index in [1.807, 2.05) is 0 Å². The number of nitrogens with one attached hydrogen (secondary N) is 1. The maximum Gasteiger partial charge on any atom is 0.343 e. The third-order valence-electron chi connectivity index (χ3n) is 5.99. The van der Waals surface area contributed by atoms with E-state index in [1.165, 1.54) is 63.9 Å². The van der Waals surface area contributed by atoms with Gasteiger partial charge in [-0.05, 0) is 61.4 Å². The molecule has 0 radical (unpaired) electrons. The Morgan fingerprint density at radius 2 is 1.31 bits per heavy atom. The quantitative estimate of drug-likeness (QED) is 0.174. The summed E-state index contributed by atoms with van der Waals surface area (Å²) < 4.78 is 11.0. The first kappa shape index (κ1) is 28.4. The molecule has 0 fully saturated rings. The molecule has 5 heteroatoms. The highest BCUT2D eigenvalue weighted by Gasteiger charge is 2.11. The molecule has 0 saturated heterocycles. The third kappa shape index (κ3) is 11.9. The second kappa shape index (κ2) is 17.6. The van der Waals surface area contributed by atoms with Crippen LogP contribution in [0.1, 0.15) is 101 Å². The van der Waals surface area contributed by atoms with Crippen LogP contribution in [-0.4, -0.2) is 19.1 Å². The van der Waals surface area contributed by atoms with Crippen molar-refractivity contribution in [3.8, 4) is 11.5 Å². The zero-order valence-corrected chi connectivity index (χ0v) is 21.7. The van der Waals surface area contributed by atoms with Gasteiger partial charge in [0, 0.05) is 12.2 Å². The van der Waals surface area contributed by atoms with Gasteiger partial charge in [0.2, 0.25) is 5.43 Å². The Balaban J connectivity index is 1.72. The first-order valence-electron chi connectivity index (χ1n) is 13.5. The van der Waals surface area contributed by atoms with Crippen molar-refractivity contribution >= 4 is 11.7 Å². The van der Waals surface area contributed by atoms with Crippen LogP contribution >= 0.6 is 0 Å². The molecule has 35 heavy (non-hydrogen) atoms. The van der Waals surface area contributed by atoms with Crippen molar-refractivity contribution in [1.82, 2.24) is 0 Å². The summed E-state index contributed by atoms with van der Waals surface area (Å²) in [5.74, 6) is 0.169. The van der Waals surface area contributed by atoms with Gasteiger partial charge in [0.15, 0.2) is 5.75 Å². The minimum absolute atomic E-state index is 0.0188. The lowest BCUT2D eigenvalue weighted by molar-refractivity contribution is 0.0733. The van der Waals surface area contributed by atoms with Crippen molar-refractivity contribution in [3.05, 3.63) is 64.3 Å². The zero-order chi connectivity index (χ0) is 25.1. The van der Waals surface area contributed by atoms with Crippen LogP contribution in [0.25, 0.3) is 0 Å². The monoisotopic (exact) mass is 481 g/mol. The summed E-state index contributed by atoms with van der Waals surface area (Å²) in [5.41, 5.74) is 0.886. The Labute approximate surface area is 211 Å². The third-order valence-corrected chi connectivity index (χ3v) is 5.99. The maximum atomic E-state index is 12.5. The van der Waals surface area contributed by atoms with Gasteiger partial charge in [0.25, 0.3) is 0 Å². The van der Waals surface area contributed by atoms with Gasteiger partial charge < -0.3 is 14.8 Å². The lowest BCUT2D eigenvalue weighted by Gasteiger charge is -2.06. The molecular weight excluding hydrogens is 438 g/mol. The number of rotatable bonds is 18. The fourth-order valence-corrected chi connectivity index (χ4v) is 3.78. The van der Waals surface area contributed by atoms with Gasteiger partial charge in [-0.15, -0.1) is 0 Å². The SMILES string of the molecule is CCCCCCCCCCCCNc1ccc(OC(=O)c2ccc(OCCCC)cc2)c(=O)cc1. The Bertz CT molecular complexity index is 911. The first-order chi connectivity index (χ1) is 17.1. The molecule has 0 spiro atoms. The Morgan fingerprint density at radius 1 is 0.714 bits per heavy atom. The van der Waals surface area contributed by atoms with Crippen LogP contribution in [0.15, 0.2) is 53.3 Å². The molecule has 0 aliphatic carbocycles. The molecule has 0 atom stereocenters. The van der Waals surface area contributed by atoms with Gasteiger partial charge in [-0.1, -0.05) is 78.1 Å². The van der Waals surface area contributed by atoms with E-state index >= 15 is 0 Å². The molecule has 0 aliphatic rings. The molecule has 0 aromatic heterocycles. The van der Waals surface area contributed by atoms with Gasteiger partial charge in [0.1, 0.15) is 5.75 Å². The van der Waals surface area contributed by atoms with Crippen LogP contribution in [0.2, 0.25) is 0 Å².